The molecule has 0 saturated carbocycles. The molecule has 0 saturated heterocycles. The Labute approximate surface area is 152 Å². The lowest BCUT2D eigenvalue weighted by atomic mass is 9.83. The first-order valence-corrected chi connectivity index (χ1v) is 8.00. The normalized spacial score (nSPS) is 10.2. The van der Waals surface area contributed by atoms with E-state index >= 15 is 0 Å². The van der Waals surface area contributed by atoms with Crippen LogP contribution in [0.15, 0.2) is 60.7 Å². The topological polar surface area (TPSA) is 37.3 Å². The number of hydrogen-bond donors (Lipinski definition) is 1. The molecule has 1 N–H and O–H groups in total. The van der Waals surface area contributed by atoms with Gasteiger partial charge in [-0.2, -0.15) is 9.90 Å². The van der Waals surface area contributed by atoms with Crippen molar-refractivity contribution in [1.82, 2.24) is 0 Å². The smallest absolute Gasteiger partial charge is 0.336 e. The van der Waals surface area contributed by atoms with Crippen LogP contribution in [0, 0.1) is 20.8 Å². The Kier molecular flexibility index (Phi) is 5.77. The van der Waals surface area contributed by atoms with Crippen molar-refractivity contribution in [2.24, 2.45) is 0 Å². The van der Waals surface area contributed by atoms with Crippen molar-refractivity contribution in [3.05, 3.63) is 82.9 Å². The van der Waals surface area contributed by atoms with E-state index in [1.807, 2.05) is 74.5 Å². The summed E-state index contributed by atoms with van der Waals surface area (Å²) < 4.78 is 0. The van der Waals surface area contributed by atoms with Crippen LogP contribution in [-0.2, 0) is 0 Å². The summed E-state index contributed by atoms with van der Waals surface area (Å²) in [5.41, 5.74) is 7.28. The lowest BCUT2D eigenvalue weighted by Gasteiger charge is -2.21. The Morgan fingerprint density at radius 3 is 1.36 bits per heavy atom. The van der Waals surface area contributed by atoms with Gasteiger partial charge in [-0.25, -0.2) is 4.79 Å². The van der Waals surface area contributed by atoms with Gasteiger partial charge in [0.15, 0.2) is 0 Å². The van der Waals surface area contributed by atoms with Crippen molar-refractivity contribution in [1.29, 1.82) is 0 Å². The summed E-state index contributed by atoms with van der Waals surface area (Å²) in [4.78, 5) is 11.9. The summed E-state index contributed by atoms with van der Waals surface area (Å²) >= 11 is 0. The predicted molar refractivity (Wildman–Crippen MR) is 110 cm³/mol. The maximum atomic E-state index is 11.9. The van der Waals surface area contributed by atoms with Gasteiger partial charge in [-0.05, 0) is 59.7 Å². The zero-order valence-electron chi connectivity index (χ0n) is 14.8. The van der Waals surface area contributed by atoms with Crippen molar-refractivity contribution in [2.45, 2.75) is 20.8 Å². The number of carboxylic acids is 1. The van der Waals surface area contributed by atoms with Gasteiger partial charge in [0.25, 0.3) is 0 Å². The van der Waals surface area contributed by atoms with Crippen LogP contribution in [-0.4, -0.2) is 11.1 Å². The monoisotopic (exact) mass is 350 g/mol. The molecular formula is C22H23O2P. The van der Waals surface area contributed by atoms with Crippen molar-refractivity contribution in [2.75, 3.05) is 0 Å². The van der Waals surface area contributed by atoms with Gasteiger partial charge in [0.05, 0.1) is 5.56 Å². The maximum Gasteiger partial charge on any atom is 0.336 e. The van der Waals surface area contributed by atoms with Gasteiger partial charge in [-0.1, -0.05) is 60.7 Å². The fourth-order valence-corrected chi connectivity index (χ4v) is 3.62. The van der Waals surface area contributed by atoms with E-state index < -0.39 is 5.97 Å². The van der Waals surface area contributed by atoms with Crippen molar-refractivity contribution < 1.29 is 9.90 Å². The molecule has 0 heterocycles. The highest BCUT2D eigenvalue weighted by atomic mass is 31.0. The molecule has 3 aromatic rings. The molecule has 1 unspecified atom stereocenters. The standard InChI is InChI=1S/C22H20O2.H3P/c1-14-19(17-10-6-4-7-11-17)15(2)21(22(23)24)16(3)20(14)18-12-8-5-9-13-18;/h4-13H,1-3H3,(H,23,24);1H3. The SMILES string of the molecule is Cc1c(C(=O)O)c(C)c(-c2ccccc2)c(C)c1-c1ccccc1.P. The van der Waals surface area contributed by atoms with Gasteiger partial charge in [0, 0.05) is 0 Å². The molecule has 0 amide bonds. The third kappa shape index (κ3) is 3.36. The quantitative estimate of drug-likeness (QED) is 0.615. The molecule has 0 aliphatic rings. The molecular weight excluding hydrogens is 327 g/mol. The molecule has 3 aromatic carbocycles. The van der Waals surface area contributed by atoms with E-state index in [0.717, 1.165) is 38.9 Å². The first kappa shape index (κ1) is 18.9. The summed E-state index contributed by atoms with van der Waals surface area (Å²) in [5.74, 6) is -0.876. The summed E-state index contributed by atoms with van der Waals surface area (Å²) in [6.45, 7) is 5.89. The number of carboxylic acid groups (broad SMARTS) is 1. The van der Waals surface area contributed by atoms with Gasteiger partial charge in [0.2, 0.25) is 0 Å². The van der Waals surface area contributed by atoms with E-state index in [4.69, 9.17) is 0 Å². The lowest BCUT2D eigenvalue weighted by Crippen LogP contribution is -2.08. The second kappa shape index (κ2) is 7.63. The first-order chi connectivity index (χ1) is 11.5. The molecule has 3 heteroatoms. The van der Waals surface area contributed by atoms with Crippen molar-refractivity contribution >= 4 is 15.9 Å². The van der Waals surface area contributed by atoms with Crippen LogP contribution in [0.2, 0.25) is 0 Å². The summed E-state index contributed by atoms with van der Waals surface area (Å²) in [6.07, 6.45) is 0. The minimum absolute atomic E-state index is 0. The summed E-state index contributed by atoms with van der Waals surface area (Å²) in [6, 6.07) is 20.0. The van der Waals surface area contributed by atoms with Gasteiger partial charge < -0.3 is 5.11 Å². The third-order valence-corrected chi connectivity index (χ3v) is 4.59. The second-order valence-corrected chi connectivity index (χ2v) is 6.04. The number of benzene rings is 3. The minimum Gasteiger partial charge on any atom is -0.478 e. The van der Waals surface area contributed by atoms with E-state index in [2.05, 4.69) is 6.92 Å². The Balaban J connectivity index is 0.00000225. The van der Waals surface area contributed by atoms with Crippen LogP contribution in [0.5, 0.6) is 0 Å². The molecule has 128 valence electrons. The summed E-state index contributed by atoms with van der Waals surface area (Å²) in [5, 5.41) is 9.78. The molecule has 2 nitrogen and oxygen atoms in total. The Bertz CT molecular complexity index is 834. The zero-order chi connectivity index (χ0) is 17.3. The molecule has 0 radical (unpaired) electrons. The molecule has 25 heavy (non-hydrogen) atoms. The van der Waals surface area contributed by atoms with Gasteiger partial charge >= 0.3 is 5.97 Å². The van der Waals surface area contributed by atoms with Gasteiger partial charge in [-0.3, -0.25) is 0 Å². The molecule has 0 fully saturated rings. The number of rotatable bonds is 3. The van der Waals surface area contributed by atoms with Gasteiger partial charge in [-0.15, -0.1) is 0 Å². The highest BCUT2D eigenvalue weighted by Crippen LogP contribution is 2.39. The molecule has 0 bridgehead atoms. The van der Waals surface area contributed by atoms with Gasteiger partial charge in [0.1, 0.15) is 0 Å². The average Bonchev–Trinajstić information content (AvgIpc) is 2.56. The fourth-order valence-electron chi connectivity index (χ4n) is 3.62. The van der Waals surface area contributed by atoms with Crippen LogP contribution in [0.4, 0.5) is 0 Å². The van der Waals surface area contributed by atoms with Crippen molar-refractivity contribution in [3.8, 4) is 22.3 Å². The van der Waals surface area contributed by atoms with Crippen LogP contribution >= 0.6 is 9.90 Å². The third-order valence-electron chi connectivity index (χ3n) is 4.59. The molecule has 3 rings (SSSR count). The number of hydrogen-bond acceptors (Lipinski definition) is 1. The van der Waals surface area contributed by atoms with Crippen LogP contribution in [0.1, 0.15) is 27.0 Å². The molecule has 0 spiro atoms. The first-order valence-electron chi connectivity index (χ1n) is 8.00. The zero-order valence-corrected chi connectivity index (χ0v) is 16.3. The van der Waals surface area contributed by atoms with E-state index in [1.54, 1.807) is 0 Å². The van der Waals surface area contributed by atoms with E-state index in [-0.39, 0.29) is 9.90 Å². The predicted octanol–water partition coefficient (Wildman–Crippen LogP) is 5.70. The Morgan fingerprint density at radius 1 is 0.680 bits per heavy atom. The van der Waals surface area contributed by atoms with Crippen molar-refractivity contribution in [3.63, 3.8) is 0 Å². The lowest BCUT2D eigenvalue weighted by molar-refractivity contribution is 0.0695. The van der Waals surface area contributed by atoms with E-state index in [0.29, 0.717) is 5.56 Å². The van der Waals surface area contributed by atoms with E-state index in [1.165, 1.54) is 0 Å². The molecule has 0 aliphatic heterocycles. The fraction of sp³-hybridized carbons (Fsp3) is 0.136. The van der Waals surface area contributed by atoms with Crippen LogP contribution in [0.3, 0.4) is 0 Å². The highest BCUT2D eigenvalue weighted by molar-refractivity contribution is 6.92. The number of carbonyl (C=O) groups is 1. The maximum absolute atomic E-state index is 11.9. The number of aromatic carboxylic acids is 1. The largest absolute Gasteiger partial charge is 0.478 e. The average molecular weight is 350 g/mol. The minimum atomic E-state index is -0.876. The second-order valence-electron chi connectivity index (χ2n) is 6.04. The summed E-state index contributed by atoms with van der Waals surface area (Å²) in [7, 11) is 0. The molecule has 0 aromatic heterocycles. The Hall–Kier alpha value is -2.44. The van der Waals surface area contributed by atoms with Crippen LogP contribution in [0.25, 0.3) is 22.3 Å². The van der Waals surface area contributed by atoms with Crippen LogP contribution < -0.4 is 0 Å². The Morgan fingerprint density at radius 2 is 1.04 bits per heavy atom. The highest BCUT2D eigenvalue weighted by Gasteiger charge is 2.22. The molecule has 1 atom stereocenters. The molecule has 0 aliphatic carbocycles. The van der Waals surface area contributed by atoms with E-state index in [9.17, 15) is 9.90 Å².